The van der Waals surface area contributed by atoms with Crippen LogP contribution in [0.15, 0.2) is 60.9 Å². The minimum absolute atomic E-state index is 0.282. The quantitative estimate of drug-likeness (QED) is 0.552. The fraction of sp³-hybridized carbons (Fsp3) is 0.0952. The molecule has 0 aliphatic rings. The van der Waals surface area contributed by atoms with Gasteiger partial charge in [-0.1, -0.05) is 41.4 Å². The summed E-state index contributed by atoms with van der Waals surface area (Å²) in [5, 5.41) is 3.49. The molecule has 2 aromatic carbocycles. The number of rotatable bonds is 3. The van der Waals surface area contributed by atoms with Gasteiger partial charge in [-0.15, -0.1) is 0 Å². The number of carbonyl (C=O) groups excluding carboxylic acids is 1. The van der Waals surface area contributed by atoms with Crippen LogP contribution >= 0.6 is 11.6 Å². The lowest BCUT2D eigenvalue weighted by Crippen LogP contribution is -2.15. The Hall–Kier alpha value is -3.18. The number of carbonyl (C=O) groups is 1. The number of aryl methyl sites for hydroxylation is 2. The first-order valence-electron chi connectivity index (χ1n) is 8.50. The zero-order chi connectivity index (χ0) is 19.0. The maximum Gasteiger partial charge on any atom is 0.275 e. The molecule has 0 radical (unpaired) electrons. The van der Waals surface area contributed by atoms with Crippen LogP contribution in [0.5, 0.6) is 0 Å². The van der Waals surface area contributed by atoms with Crippen molar-refractivity contribution >= 4 is 28.8 Å². The molecule has 0 saturated carbocycles. The number of imidazole rings is 1. The molecule has 0 atom stereocenters. The van der Waals surface area contributed by atoms with Gasteiger partial charge in [0.1, 0.15) is 11.4 Å². The third-order valence-electron chi connectivity index (χ3n) is 4.20. The summed E-state index contributed by atoms with van der Waals surface area (Å²) in [6.45, 7) is 3.90. The van der Waals surface area contributed by atoms with Crippen LogP contribution in [0.25, 0.3) is 16.9 Å². The van der Waals surface area contributed by atoms with Gasteiger partial charge in [0.2, 0.25) is 0 Å². The number of anilines is 1. The molecule has 0 saturated heterocycles. The van der Waals surface area contributed by atoms with Crippen molar-refractivity contribution < 1.29 is 4.79 Å². The summed E-state index contributed by atoms with van der Waals surface area (Å²) >= 11 is 6.14. The molecule has 2 aromatic heterocycles. The summed E-state index contributed by atoms with van der Waals surface area (Å²) in [6.07, 6.45) is 3.56. The van der Waals surface area contributed by atoms with E-state index in [0.717, 1.165) is 22.5 Å². The third-order valence-corrected chi connectivity index (χ3v) is 4.43. The van der Waals surface area contributed by atoms with Crippen molar-refractivity contribution in [3.8, 4) is 11.3 Å². The second-order valence-electron chi connectivity index (χ2n) is 6.42. The SMILES string of the molecule is Cc1ccc(NC(=O)c2cn3cc(C)nc3c(-c3cccc(Cl)c3)n2)cc1. The summed E-state index contributed by atoms with van der Waals surface area (Å²) in [6, 6.07) is 15.0. The van der Waals surface area contributed by atoms with Gasteiger partial charge in [0, 0.05) is 28.7 Å². The smallest absolute Gasteiger partial charge is 0.275 e. The molecule has 27 heavy (non-hydrogen) atoms. The van der Waals surface area contributed by atoms with Crippen molar-refractivity contribution in [3.05, 3.63) is 82.9 Å². The Balaban J connectivity index is 1.79. The highest BCUT2D eigenvalue weighted by Gasteiger charge is 2.16. The zero-order valence-corrected chi connectivity index (χ0v) is 15.7. The summed E-state index contributed by atoms with van der Waals surface area (Å²) < 4.78 is 1.82. The Morgan fingerprint density at radius 1 is 1.04 bits per heavy atom. The van der Waals surface area contributed by atoms with Gasteiger partial charge in [-0.2, -0.15) is 0 Å². The number of benzene rings is 2. The van der Waals surface area contributed by atoms with Crippen LogP contribution in [0.4, 0.5) is 5.69 Å². The highest BCUT2D eigenvalue weighted by Crippen LogP contribution is 2.25. The van der Waals surface area contributed by atoms with Crippen molar-refractivity contribution in [2.45, 2.75) is 13.8 Å². The van der Waals surface area contributed by atoms with Gasteiger partial charge in [-0.25, -0.2) is 9.97 Å². The summed E-state index contributed by atoms with van der Waals surface area (Å²) in [7, 11) is 0. The van der Waals surface area contributed by atoms with Crippen molar-refractivity contribution in [1.82, 2.24) is 14.4 Å². The fourth-order valence-corrected chi connectivity index (χ4v) is 3.08. The largest absolute Gasteiger partial charge is 0.321 e. The molecule has 5 nitrogen and oxygen atoms in total. The number of hydrogen-bond acceptors (Lipinski definition) is 3. The maximum atomic E-state index is 12.8. The predicted octanol–water partition coefficient (Wildman–Crippen LogP) is 4.92. The van der Waals surface area contributed by atoms with Crippen molar-refractivity contribution in [2.24, 2.45) is 0 Å². The minimum Gasteiger partial charge on any atom is -0.321 e. The van der Waals surface area contributed by atoms with Crippen LogP contribution in [0, 0.1) is 13.8 Å². The van der Waals surface area contributed by atoms with E-state index in [1.54, 1.807) is 12.3 Å². The lowest BCUT2D eigenvalue weighted by Gasteiger charge is -2.09. The monoisotopic (exact) mass is 376 g/mol. The molecule has 4 rings (SSSR count). The molecule has 0 spiro atoms. The lowest BCUT2D eigenvalue weighted by molar-refractivity contribution is 0.102. The molecular weight excluding hydrogens is 360 g/mol. The van der Waals surface area contributed by atoms with Crippen molar-refractivity contribution in [1.29, 1.82) is 0 Å². The van der Waals surface area contributed by atoms with E-state index in [1.807, 2.05) is 66.9 Å². The normalized spacial score (nSPS) is 10.9. The molecular formula is C21H17ClN4O. The van der Waals surface area contributed by atoms with Crippen molar-refractivity contribution in [2.75, 3.05) is 5.32 Å². The lowest BCUT2D eigenvalue weighted by atomic mass is 10.1. The van der Waals surface area contributed by atoms with E-state index in [-0.39, 0.29) is 5.91 Å². The van der Waals surface area contributed by atoms with Gasteiger partial charge in [-0.3, -0.25) is 4.79 Å². The molecule has 0 aliphatic carbocycles. The van der Waals surface area contributed by atoms with Gasteiger partial charge in [0.15, 0.2) is 5.65 Å². The predicted molar refractivity (Wildman–Crippen MR) is 107 cm³/mol. The van der Waals surface area contributed by atoms with E-state index in [1.165, 1.54) is 0 Å². The van der Waals surface area contributed by atoms with E-state index in [2.05, 4.69) is 15.3 Å². The van der Waals surface area contributed by atoms with E-state index in [9.17, 15) is 4.79 Å². The number of amides is 1. The van der Waals surface area contributed by atoms with Crippen LogP contribution in [0.3, 0.4) is 0 Å². The number of fused-ring (bicyclic) bond motifs is 1. The average Bonchev–Trinajstić information content (AvgIpc) is 3.02. The van der Waals surface area contributed by atoms with E-state index in [0.29, 0.717) is 22.1 Å². The summed E-state index contributed by atoms with van der Waals surface area (Å²) in [4.78, 5) is 21.9. The Morgan fingerprint density at radius 2 is 1.81 bits per heavy atom. The highest BCUT2D eigenvalue weighted by atomic mass is 35.5. The molecule has 2 heterocycles. The van der Waals surface area contributed by atoms with Gasteiger partial charge < -0.3 is 9.72 Å². The minimum atomic E-state index is -0.282. The number of halogens is 1. The Kier molecular flexibility index (Phi) is 4.38. The van der Waals surface area contributed by atoms with Crippen LogP contribution in [0.1, 0.15) is 21.7 Å². The second-order valence-corrected chi connectivity index (χ2v) is 6.85. The molecule has 1 N–H and O–H groups in total. The number of nitrogens with zero attached hydrogens (tertiary/aromatic N) is 3. The first-order chi connectivity index (χ1) is 13.0. The van der Waals surface area contributed by atoms with Crippen LogP contribution in [-0.4, -0.2) is 20.3 Å². The van der Waals surface area contributed by atoms with Gasteiger partial charge >= 0.3 is 0 Å². The second kappa shape index (κ2) is 6.85. The summed E-state index contributed by atoms with van der Waals surface area (Å²) in [5.41, 5.74) is 5.10. The first kappa shape index (κ1) is 17.2. The van der Waals surface area contributed by atoms with Crippen LogP contribution < -0.4 is 5.32 Å². The molecule has 0 unspecified atom stereocenters. The fourth-order valence-electron chi connectivity index (χ4n) is 2.89. The average molecular weight is 377 g/mol. The Bertz CT molecular complexity index is 1150. The van der Waals surface area contributed by atoms with Crippen LogP contribution in [-0.2, 0) is 0 Å². The molecule has 134 valence electrons. The molecule has 0 fully saturated rings. The Morgan fingerprint density at radius 3 is 2.56 bits per heavy atom. The number of hydrogen-bond donors (Lipinski definition) is 1. The molecule has 4 aromatic rings. The summed E-state index contributed by atoms with van der Waals surface area (Å²) in [5.74, 6) is -0.282. The highest BCUT2D eigenvalue weighted by molar-refractivity contribution is 6.30. The van der Waals surface area contributed by atoms with Gasteiger partial charge in [0.25, 0.3) is 5.91 Å². The molecule has 6 heteroatoms. The van der Waals surface area contributed by atoms with Crippen LogP contribution in [0.2, 0.25) is 5.02 Å². The Labute approximate surface area is 161 Å². The topological polar surface area (TPSA) is 59.3 Å². The van der Waals surface area contributed by atoms with E-state index < -0.39 is 0 Å². The molecule has 0 bridgehead atoms. The zero-order valence-electron chi connectivity index (χ0n) is 14.9. The molecule has 1 amide bonds. The molecule has 0 aliphatic heterocycles. The van der Waals surface area contributed by atoms with Gasteiger partial charge in [0.05, 0.1) is 5.69 Å². The third kappa shape index (κ3) is 3.55. The first-order valence-corrected chi connectivity index (χ1v) is 8.88. The maximum absolute atomic E-state index is 12.8. The standard InChI is InChI=1S/C21H17ClN4O/c1-13-6-8-17(9-7-13)24-21(27)18-12-26-11-14(2)23-20(26)19(25-18)15-4-3-5-16(22)10-15/h3-12H,1-2H3,(H,24,27). The number of aromatic nitrogens is 3. The number of nitrogens with one attached hydrogen (secondary N) is 1. The van der Waals surface area contributed by atoms with E-state index in [4.69, 9.17) is 11.6 Å². The van der Waals surface area contributed by atoms with E-state index >= 15 is 0 Å². The van der Waals surface area contributed by atoms with Gasteiger partial charge in [-0.05, 0) is 38.1 Å². The van der Waals surface area contributed by atoms with Crippen molar-refractivity contribution in [3.63, 3.8) is 0 Å².